The fraction of sp³-hybridized carbons (Fsp3) is 0.308. The average Bonchev–Trinajstić information content (AvgIpc) is 2.88. The van der Waals surface area contributed by atoms with E-state index in [0.717, 1.165) is 6.07 Å². The van der Waals surface area contributed by atoms with Gasteiger partial charge < -0.3 is 15.1 Å². The van der Waals surface area contributed by atoms with Crippen LogP contribution < -0.4 is 10.2 Å². The highest BCUT2D eigenvalue weighted by Gasteiger charge is 2.36. The molecule has 0 spiro atoms. The summed E-state index contributed by atoms with van der Waals surface area (Å²) in [7, 11) is 0. The van der Waals surface area contributed by atoms with Crippen molar-refractivity contribution >= 4 is 23.3 Å². The zero-order chi connectivity index (χ0) is 25.9. The monoisotopic (exact) mass is 497 g/mol. The number of nitrogens with zero attached hydrogens (tertiary/aromatic N) is 4. The maximum Gasteiger partial charge on any atom is 0.417 e. The number of aromatic nitrogens is 2. The molecule has 1 aromatic heterocycles. The Bertz CT molecular complexity index is 1220. The molecule has 0 atom stereocenters. The largest absolute Gasteiger partial charge is 0.417 e. The molecule has 0 unspecified atom stereocenters. The molecular weight excluding hydrogens is 471 g/mol. The molecule has 3 aromatic rings. The molecule has 0 saturated carbocycles. The second kappa shape index (κ2) is 10.3. The van der Waals surface area contributed by atoms with Crippen LogP contribution in [0, 0.1) is 0 Å². The standard InChI is InChI=1S/C26H26F3N5O2/c1-17(2)18-7-9-19(10-8-18)30-24(35)22-11-12-23(32-31-22)33-13-15-34(16-14-33)25(36)20-5-3-4-6-21(20)26(27,28)29/h3-12,17H,13-16H2,1-2H3,(H,30,35). The molecular formula is C26H26F3N5O2. The van der Waals surface area contributed by atoms with Gasteiger partial charge in [-0.3, -0.25) is 9.59 Å². The lowest BCUT2D eigenvalue weighted by atomic mass is 10.0. The lowest BCUT2D eigenvalue weighted by Crippen LogP contribution is -2.49. The number of hydrogen-bond donors (Lipinski definition) is 1. The normalized spacial score (nSPS) is 14.2. The Morgan fingerprint density at radius 1 is 0.889 bits per heavy atom. The Labute approximate surface area is 206 Å². The van der Waals surface area contributed by atoms with Gasteiger partial charge in [-0.15, -0.1) is 10.2 Å². The van der Waals surface area contributed by atoms with Gasteiger partial charge in [-0.05, 0) is 47.9 Å². The number of hydrogen-bond acceptors (Lipinski definition) is 5. The van der Waals surface area contributed by atoms with Crippen molar-refractivity contribution in [1.82, 2.24) is 15.1 Å². The quantitative estimate of drug-likeness (QED) is 0.546. The van der Waals surface area contributed by atoms with E-state index < -0.39 is 17.6 Å². The smallest absolute Gasteiger partial charge is 0.352 e. The van der Waals surface area contributed by atoms with Crippen molar-refractivity contribution in [2.75, 3.05) is 36.4 Å². The molecule has 4 rings (SSSR count). The summed E-state index contributed by atoms with van der Waals surface area (Å²) in [6.45, 7) is 5.41. The number of piperazine rings is 1. The maximum atomic E-state index is 13.3. The topological polar surface area (TPSA) is 78.4 Å². The zero-order valence-corrected chi connectivity index (χ0v) is 19.9. The van der Waals surface area contributed by atoms with Gasteiger partial charge >= 0.3 is 6.18 Å². The van der Waals surface area contributed by atoms with Gasteiger partial charge in [0.05, 0.1) is 11.1 Å². The summed E-state index contributed by atoms with van der Waals surface area (Å²) >= 11 is 0. The molecule has 2 heterocycles. The van der Waals surface area contributed by atoms with E-state index in [9.17, 15) is 22.8 Å². The van der Waals surface area contributed by atoms with E-state index >= 15 is 0 Å². The number of carbonyl (C=O) groups is 2. The molecule has 10 heteroatoms. The van der Waals surface area contributed by atoms with Crippen LogP contribution in [0.5, 0.6) is 0 Å². The molecule has 0 bridgehead atoms. The molecule has 7 nitrogen and oxygen atoms in total. The second-order valence-electron chi connectivity index (χ2n) is 8.83. The van der Waals surface area contributed by atoms with Crippen molar-refractivity contribution in [3.8, 4) is 0 Å². The van der Waals surface area contributed by atoms with Crippen molar-refractivity contribution in [3.63, 3.8) is 0 Å². The van der Waals surface area contributed by atoms with Gasteiger partial charge in [0.15, 0.2) is 11.5 Å². The minimum Gasteiger partial charge on any atom is -0.352 e. The third kappa shape index (κ3) is 5.64. The van der Waals surface area contributed by atoms with Crippen molar-refractivity contribution < 1.29 is 22.8 Å². The van der Waals surface area contributed by atoms with Crippen molar-refractivity contribution in [3.05, 3.63) is 83.0 Å². The minimum absolute atomic E-state index is 0.157. The van der Waals surface area contributed by atoms with Crippen LogP contribution in [0.4, 0.5) is 24.7 Å². The van der Waals surface area contributed by atoms with E-state index in [4.69, 9.17) is 0 Å². The number of anilines is 2. The second-order valence-corrected chi connectivity index (χ2v) is 8.83. The number of nitrogens with one attached hydrogen (secondary N) is 1. The highest BCUT2D eigenvalue weighted by atomic mass is 19.4. The number of halogens is 3. The highest BCUT2D eigenvalue weighted by Crippen LogP contribution is 2.32. The van der Waals surface area contributed by atoms with Crippen LogP contribution in [0.25, 0.3) is 0 Å². The average molecular weight is 498 g/mol. The maximum absolute atomic E-state index is 13.3. The number of alkyl halides is 3. The summed E-state index contributed by atoms with van der Waals surface area (Å²) in [5.74, 6) is -0.119. The van der Waals surface area contributed by atoms with Gasteiger partial charge in [0.2, 0.25) is 0 Å². The number of carbonyl (C=O) groups excluding carboxylic acids is 2. The van der Waals surface area contributed by atoms with Gasteiger partial charge in [0.1, 0.15) is 0 Å². The first-order valence-electron chi connectivity index (χ1n) is 11.6. The van der Waals surface area contributed by atoms with Crippen LogP contribution >= 0.6 is 0 Å². The Hall–Kier alpha value is -3.95. The van der Waals surface area contributed by atoms with Crippen LogP contribution in [0.15, 0.2) is 60.7 Å². The van der Waals surface area contributed by atoms with Crippen molar-refractivity contribution in [2.24, 2.45) is 0 Å². The molecule has 2 amide bonds. The van der Waals surface area contributed by atoms with Gasteiger partial charge in [-0.2, -0.15) is 13.2 Å². The lowest BCUT2D eigenvalue weighted by Gasteiger charge is -2.35. The summed E-state index contributed by atoms with van der Waals surface area (Å²) in [6, 6.07) is 15.6. The van der Waals surface area contributed by atoms with Gasteiger partial charge in [-0.1, -0.05) is 38.1 Å². The van der Waals surface area contributed by atoms with Gasteiger partial charge in [0, 0.05) is 31.9 Å². The molecule has 1 N–H and O–H groups in total. The summed E-state index contributed by atoms with van der Waals surface area (Å²) in [4.78, 5) is 28.6. The number of rotatable bonds is 5. The van der Waals surface area contributed by atoms with Crippen LogP contribution in [-0.2, 0) is 6.18 Å². The summed E-state index contributed by atoms with van der Waals surface area (Å²) in [5, 5.41) is 11.0. The molecule has 1 fully saturated rings. The van der Waals surface area contributed by atoms with Crippen LogP contribution in [0.2, 0.25) is 0 Å². The first-order valence-corrected chi connectivity index (χ1v) is 11.6. The zero-order valence-electron chi connectivity index (χ0n) is 19.9. The first kappa shape index (κ1) is 25.2. The molecule has 0 aliphatic carbocycles. The van der Waals surface area contributed by atoms with E-state index in [1.165, 1.54) is 28.7 Å². The fourth-order valence-electron chi connectivity index (χ4n) is 3.99. The molecule has 1 aliphatic heterocycles. The number of amides is 2. The van der Waals surface area contributed by atoms with Crippen LogP contribution in [0.3, 0.4) is 0 Å². The lowest BCUT2D eigenvalue weighted by molar-refractivity contribution is -0.138. The Balaban J connectivity index is 1.35. The van der Waals surface area contributed by atoms with E-state index in [-0.39, 0.29) is 30.3 Å². The Morgan fingerprint density at radius 3 is 2.14 bits per heavy atom. The minimum atomic E-state index is -4.60. The summed E-state index contributed by atoms with van der Waals surface area (Å²) in [5.41, 5.74) is 0.691. The highest BCUT2D eigenvalue weighted by molar-refractivity contribution is 6.02. The molecule has 2 aromatic carbocycles. The van der Waals surface area contributed by atoms with E-state index in [1.807, 2.05) is 29.2 Å². The third-order valence-electron chi connectivity index (χ3n) is 6.07. The molecule has 1 aliphatic rings. The van der Waals surface area contributed by atoms with Crippen LogP contribution in [-0.4, -0.2) is 53.1 Å². The fourth-order valence-corrected chi connectivity index (χ4v) is 3.99. The molecule has 36 heavy (non-hydrogen) atoms. The number of benzene rings is 2. The first-order chi connectivity index (χ1) is 17.1. The summed E-state index contributed by atoms with van der Waals surface area (Å²) in [6.07, 6.45) is -4.60. The van der Waals surface area contributed by atoms with Crippen molar-refractivity contribution in [1.29, 1.82) is 0 Å². The van der Waals surface area contributed by atoms with E-state index in [2.05, 4.69) is 29.4 Å². The Morgan fingerprint density at radius 2 is 1.56 bits per heavy atom. The third-order valence-corrected chi connectivity index (χ3v) is 6.07. The van der Waals surface area contributed by atoms with Gasteiger partial charge in [-0.25, -0.2) is 0 Å². The van der Waals surface area contributed by atoms with Gasteiger partial charge in [0.25, 0.3) is 11.8 Å². The molecule has 188 valence electrons. The van der Waals surface area contributed by atoms with Crippen molar-refractivity contribution in [2.45, 2.75) is 25.9 Å². The Kier molecular flexibility index (Phi) is 7.23. The summed E-state index contributed by atoms with van der Waals surface area (Å²) < 4.78 is 39.9. The predicted molar refractivity (Wildman–Crippen MR) is 130 cm³/mol. The van der Waals surface area contributed by atoms with E-state index in [1.54, 1.807) is 12.1 Å². The molecule has 1 saturated heterocycles. The van der Waals surface area contributed by atoms with E-state index in [0.29, 0.717) is 30.5 Å². The molecule has 0 radical (unpaired) electrons. The SMILES string of the molecule is CC(C)c1ccc(NC(=O)c2ccc(N3CCN(C(=O)c4ccccc4C(F)(F)F)CC3)nn2)cc1. The van der Waals surface area contributed by atoms with Crippen LogP contribution in [0.1, 0.15) is 51.7 Å². The predicted octanol–water partition coefficient (Wildman–Crippen LogP) is 4.83.